The Hall–Kier alpha value is -2.50. The monoisotopic (exact) mass is 288 g/mol. The van der Waals surface area contributed by atoms with Crippen molar-refractivity contribution in [3.63, 3.8) is 0 Å². The number of carboxylic acid groups (broad SMARTS) is 2. The SMILES string of the molecule is CC(C)C1C=CN=C(c2ccccn2)C1(C(=O)O)C(=O)O. The quantitative estimate of drug-likeness (QED) is 0.823. The number of aliphatic carboxylic acids is 2. The molecule has 2 heterocycles. The summed E-state index contributed by atoms with van der Waals surface area (Å²) in [6, 6.07) is 4.91. The van der Waals surface area contributed by atoms with Gasteiger partial charge in [-0.15, -0.1) is 0 Å². The summed E-state index contributed by atoms with van der Waals surface area (Å²) in [7, 11) is 0. The predicted octanol–water partition coefficient (Wildman–Crippen LogP) is 1.83. The van der Waals surface area contributed by atoms with Crippen LogP contribution in [-0.4, -0.2) is 32.8 Å². The number of rotatable bonds is 4. The van der Waals surface area contributed by atoms with E-state index in [4.69, 9.17) is 0 Å². The summed E-state index contributed by atoms with van der Waals surface area (Å²) in [5.74, 6) is -3.74. The topological polar surface area (TPSA) is 99.9 Å². The minimum atomic E-state index is -2.13. The highest BCUT2D eigenvalue weighted by molar-refractivity contribution is 6.27. The summed E-state index contributed by atoms with van der Waals surface area (Å²) in [6.45, 7) is 3.58. The van der Waals surface area contributed by atoms with E-state index in [1.807, 2.05) is 0 Å². The van der Waals surface area contributed by atoms with E-state index in [1.165, 1.54) is 12.4 Å². The molecule has 110 valence electrons. The lowest BCUT2D eigenvalue weighted by atomic mass is 9.65. The maximum Gasteiger partial charge on any atom is 0.328 e. The molecule has 0 fully saturated rings. The van der Waals surface area contributed by atoms with Crippen molar-refractivity contribution in [3.05, 3.63) is 42.4 Å². The van der Waals surface area contributed by atoms with Gasteiger partial charge < -0.3 is 10.2 Å². The number of aromatic nitrogens is 1. The highest BCUT2D eigenvalue weighted by Crippen LogP contribution is 2.41. The highest BCUT2D eigenvalue weighted by Gasteiger charge is 2.58. The molecule has 1 aliphatic rings. The Morgan fingerprint density at radius 3 is 2.38 bits per heavy atom. The molecule has 0 bridgehead atoms. The molecule has 1 atom stereocenters. The lowest BCUT2D eigenvalue weighted by Crippen LogP contribution is -2.54. The van der Waals surface area contributed by atoms with Crippen LogP contribution >= 0.6 is 0 Å². The van der Waals surface area contributed by atoms with Gasteiger partial charge in [0, 0.05) is 18.3 Å². The first-order chi connectivity index (χ1) is 9.92. The molecular formula is C15H16N2O4. The number of aliphatic imine (C=N–C) groups is 1. The van der Waals surface area contributed by atoms with Gasteiger partial charge in [0.1, 0.15) is 0 Å². The zero-order valence-electron chi connectivity index (χ0n) is 11.7. The van der Waals surface area contributed by atoms with Crippen molar-refractivity contribution in [3.8, 4) is 0 Å². The summed E-state index contributed by atoms with van der Waals surface area (Å²) >= 11 is 0. The van der Waals surface area contributed by atoms with Gasteiger partial charge in [0.25, 0.3) is 0 Å². The molecule has 1 aliphatic heterocycles. The zero-order chi connectivity index (χ0) is 15.6. The van der Waals surface area contributed by atoms with Gasteiger partial charge >= 0.3 is 11.9 Å². The van der Waals surface area contributed by atoms with E-state index in [0.29, 0.717) is 0 Å². The molecule has 1 aromatic rings. The van der Waals surface area contributed by atoms with Gasteiger partial charge in [-0.3, -0.25) is 19.6 Å². The maximum atomic E-state index is 11.9. The Labute approximate surface area is 121 Å². The van der Waals surface area contributed by atoms with Gasteiger partial charge in [-0.1, -0.05) is 26.0 Å². The lowest BCUT2D eigenvalue weighted by Gasteiger charge is -2.36. The molecule has 1 aromatic heterocycles. The molecule has 6 nitrogen and oxygen atoms in total. The van der Waals surface area contributed by atoms with Crippen molar-refractivity contribution < 1.29 is 19.8 Å². The van der Waals surface area contributed by atoms with E-state index in [9.17, 15) is 19.8 Å². The largest absolute Gasteiger partial charge is 0.480 e. The van der Waals surface area contributed by atoms with Crippen LogP contribution in [-0.2, 0) is 9.59 Å². The minimum Gasteiger partial charge on any atom is -0.480 e. The molecule has 0 aliphatic carbocycles. The Kier molecular flexibility index (Phi) is 3.88. The fourth-order valence-electron chi connectivity index (χ4n) is 2.69. The van der Waals surface area contributed by atoms with Gasteiger partial charge in [0.05, 0.1) is 11.4 Å². The predicted molar refractivity (Wildman–Crippen MR) is 75.9 cm³/mol. The molecule has 0 radical (unpaired) electrons. The van der Waals surface area contributed by atoms with Crippen LogP contribution in [0.25, 0.3) is 0 Å². The van der Waals surface area contributed by atoms with Crippen molar-refractivity contribution in [1.29, 1.82) is 0 Å². The second-order valence-electron chi connectivity index (χ2n) is 5.22. The number of allylic oxidation sites excluding steroid dienone is 1. The van der Waals surface area contributed by atoms with Gasteiger partial charge in [0.15, 0.2) is 0 Å². The van der Waals surface area contributed by atoms with Gasteiger partial charge in [-0.25, -0.2) is 0 Å². The smallest absolute Gasteiger partial charge is 0.328 e. The molecule has 2 rings (SSSR count). The number of hydrogen-bond donors (Lipinski definition) is 2. The first kappa shape index (κ1) is 14.9. The standard InChI is InChI=1S/C15H16N2O4/c1-9(2)10-6-8-17-12(11-5-3-4-7-16-11)15(10,13(18)19)14(20)21/h3-10H,1-2H3,(H,18,19)(H,20,21). The first-order valence-corrected chi connectivity index (χ1v) is 6.55. The molecular weight excluding hydrogens is 272 g/mol. The Bertz CT molecular complexity index is 606. The summed E-state index contributed by atoms with van der Waals surface area (Å²) < 4.78 is 0. The van der Waals surface area contributed by atoms with Crippen LogP contribution in [0.3, 0.4) is 0 Å². The van der Waals surface area contributed by atoms with Gasteiger partial charge in [-0.05, 0) is 18.1 Å². The molecule has 21 heavy (non-hydrogen) atoms. The van der Waals surface area contributed by atoms with Crippen LogP contribution in [0.5, 0.6) is 0 Å². The maximum absolute atomic E-state index is 11.9. The number of carbonyl (C=O) groups is 2. The third-order valence-corrected chi connectivity index (χ3v) is 3.67. The number of carboxylic acids is 2. The molecule has 0 spiro atoms. The Balaban J connectivity index is 2.72. The zero-order valence-corrected chi connectivity index (χ0v) is 11.7. The van der Waals surface area contributed by atoms with Crippen LogP contribution in [0, 0.1) is 17.3 Å². The Morgan fingerprint density at radius 1 is 1.24 bits per heavy atom. The van der Waals surface area contributed by atoms with Crippen molar-refractivity contribution >= 4 is 17.7 Å². The van der Waals surface area contributed by atoms with Crippen LogP contribution in [0.1, 0.15) is 19.5 Å². The summed E-state index contributed by atoms with van der Waals surface area (Å²) in [5.41, 5.74) is -1.90. The summed E-state index contributed by atoms with van der Waals surface area (Å²) in [4.78, 5) is 31.9. The molecule has 1 unspecified atom stereocenters. The van der Waals surface area contributed by atoms with E-state index < -0.39 is 23.3 Å². The molecule has 0 saturated carbocycles. The van der Waals surface area contributed by atoms with Crippen LogP contribution in [0.2, 0.25) is 0 Å². The third kappa shape index (κ3) is 2.22. The molecule has 6 heteroatoms. The van der Waals surface area contributed by atoms with Crippen LogP contribution < -0.4 is 0 Å². The third-order valence-electron chi connectivity index (χ3n) is 3.67. The second kappa shape index (κ2) is 5.47. The van der Waals surface area contributed by atoms with E-state index in [2.05, 4.69) is 9.98 Å². The molecule has 0 saturated heterocycles. The fraction of sp³-hybridized carbons (Fsp3) is 0.333. The lowest BCUT2D eigenvalue weighted by molar-refractivity contribution is -0.162. The Morgan fingerprint density at radius 2 is 1.90 bits per heavy atom. The number of nitrogens with zero attached hydrogens (tertiary/aromatic N) is 2. The summed E-state index contributed by atoms with van der Waals surface area (Å²) in [6.07, 6.45) is 4.48. The van der Waals surface area contributed by atoms with E-state index in [0.717, 1.165) is 0 Å². The van der Waals surface area contributed by atoms with Crippen molar-refractivity contribution in [2.24, 2.45) is 22.2 Å². The molecule has 0 amide bonds. The molecule has 0 aromatic carbocycles. The number of hydrogen-bond acceptors (Lipinski definition) is 4. The average Bonchev–Trinajstić information content (AvgIpc) is 2.46. The normalized spacial score (nSPS) is 20.1. The highest BCUT2D eigenvalue weighted by atomic mass is 16.4. The summed E-state index contributed by atoms with van der Waals surface area (Å²) in [5, 5.41) is 19.4. The van der Waals surface area contributed by atoms with Gasteiger partial charge in [0.2, 0.25) is 5.41 Å². The van der Waals surface area contributed by atoms with E-state index in [1.54, 1.807) is 38.1 Å². The number of pyridine rings is 1. The van der Waals surface area contributed by atoms with Crippen LogP contribution in [0.15, 0.2) is 41.7 Å². The molecule has 2 N–H and O–H groups in total. The van der Waals surface area contributed by atoms with E-state index in [-0.39, 0.29) is 17.3 Å². The van der Waals surface area contributed by atoms with E-state index >= 15 is 0 Å². The second-order valence-corrected chi connectivity index (χ2v) is 5.22. The fourth-order valence-corrected chi connectivity index (χ4v) is 2.69. The van der Waals surface area contributed by atoms with Crippen molar-refractivity contribution in [2.45, 2.75) is 13.8 Å². The van der Waals surface area contributed by atoms with Crippen LogP contribution in [0.4, 0.5) is 0 Å². The first-order valence-electron chi connectivity index (χ1n) is 6.55. The average molecular weight is 288 g/mol. The van der Waals surface area contributed by atoms with Gasteiger partial charge in [-0.2, -0.15) is 0 Å². The minimum absolute atomic E-state index is 0.0377. The van der Waals surface area contributed by atoms with Crippen molar-refractivity contribution in [2.75, 3.05) is 0 Å². The van der Waals surface area contributed by atoms with Crippen molar-refractivity contribution in [1.82, 2.24) is 4.98 Å².